The van der Waals surface area contributed by atoms with Crippen LogP contribution in [0.3, 0.4) is 0 Å². The van der Waals surface area contributed by atoms with Crippen LogP contribution >= 0.6 is 22.6 Å². The molecule has 0 fully saturated rings. The van der Waals surface area contributed by atoms with Gasteiger partial charge in [-0.25, -0.2) is 0 Å². The zero-order valence-corrected chi connectivity index (χ0v) is 9.81. The molecule has 2 nitrogen and oxygen atoms in total. The molecule has 1 rings (SSSR count). The third kappa shape index (κ3) is 3.37. The van der Waals surface area contributed by atoms with Gasteiger partial charge in [-0.05, 0) is 53.3 Å². The molecule has 0 heterocycles. The number of amides is 1. The van der Waals surface area contributed by atoms with E-state index < -0.39 is 12.1 Å². The van der Waals surface area contributed by atoms with E-state index in [0.29, 0.717) is 5.56 Å². The Hall–Kier alpha value is -0.790. The Kier molecular flexibility index (Phi) is 3.58. The van der Waals surface area contributed by atoms with Gasteiger partial charge in [0.25, 0.3) is 0 Å². The molecule has 1 amide bonds. The molecule has 15 heavy (non-hydrogen) atoms. The van der Waals surface area contributed by atoms with Gasteiger partial charge in [0.2, 0.25) is 0 Å². The summed E-state index contributed by atoms with van der Waals surface area (Å²) in [6, 6.07) is 4.76. The van der Waals surface area contributed by atoms with E-state index in [-0.39, 0.29) is 5.69 Å². The smallest absolute Gasteiger partial charge is 0.318 e. The molecule has 0 aliphatic carbocycles. The van der Waals surface area contributed by atoms with Crippen molar-refractivity contribution in [2.75, 3.05) is 5.32 Å². The van der Waals surface area contributed by atoms with Gasteiger partial charge in [0, 0.05) is 9.26 Å². The topological polar surface area (TPSA) is 29.1 Å². The fraction of sp³-hybridized carbons (Fsp3) is 0.222. The number of carbonyl (C=O) groups is 1. The van der Waals surface area contributed by atoms with Crippen LogP contribution in [0.2, 0.25) is 0 Å². The van der Waals surface area contributed by atoms with Crippen molar-refractivity contribution in [2.24, 2.45) is 0 Å². The Morgan fingerprint density at radius 1 is 1.40 bits per heavy atom. The van der Waals surface area contributed by atoms with Crippen molar-refractivity contribution in [1.82, 2.24) is 0 Å². The fourth-order valence-corrected chi connectivity index (χ4v) is 1.61. The number of nitrogens with one attached hydrogen (secondary N) is 1. The van der Waals surface area contributed by atoms with Crippen LogP contribution in [0.25, 0.3) is 0 Å². The highest BCUT2D eigenvalue weighted by atomic mass is 127. The molecular formula is C9H7F3INO. The third-order valence-electron chi connectivity index (χ3n) is 1.69. The van der Waals surface area contributed by atoms with Crippen molar-refractivity contribution in [3.05, 3.63) is 27.3 Å². The number of carbonyl (C=O) groups excluding carboxylic acids is 1. The van der Waals surface area contributed by atoms with Gasteiger partial charge in [-0.2, -0.15) is 13.2 Å². The third-order valence-corrected chi connectivity index (χ3v) is 2.37. The van der Waals surface area contributed by atoms with E-state index in [1.807, 2.05) is 27.9 Å². The summed E-state index contributed by atoms with van der Waals surface area (Å²) >= 11 is 2.04. The van der Waals surface area contributed by atoms with E-state index in [1.165, 1.54) is 6.07 Å². The Morgan fingerprint density at radius 3 is 2.47 bits per heavy atom. The molecule has 0 aliphatic rings. The monoisotopic (exact) mass is 329 g/mol. The highest BCUT2D eigenvalue weighted by Crippen LogP contribution is 2.21. The van der Waals surface area contributed by atoms with Crippen molar-refractivity contribution in [3.8, 4) is 0 Å². The maximum Gasteiger partial charge on any atom is 0.471 e. The standard InChI is InChI=1S/C9H7F3INO/c1-5-4-6(13)2-3-7(5)14-8(15)9(10,11)12/h2-4H,1H3,(H,14,15). The predicted molar refractivity (Wildman–Crippen MR) is 58.6 cm³/mol. The van der Waals surface area contributed by atoms with Gasteiger partial charge in [0.05, 0.1) is 0 Å². The van der Waals surface area contributed by atoms with E-state index in [1.54, 1.807) is 19.1 Å². The number of hydrogen-bond donors (Lipinski definition) is 1. The molecule has 0 saturated carbocycles. The molecule has 1 aromatic rings. The first kappa shape index (κ1) is 12.3. The van der Waals surface area contributed by atoms with Gasteiger partial charge in [0.1, 0.15) is 0 Å². The second-order valence-electron chi connectivity index (χ2n) is 2.91. The molecule has 0 atom stereocenters. The van der Waals surface area contributed by atoms with Crippen LogP contribution in [0.1, 0.15) is 5.56 Å². The molecule has 0 bridgehead atoms. The average Bonchev–Trinajstić information content (AvgIpc) is 2.08. The normalized spacial score (nSPS) is 11.3. The van der Waals surface area contributed by atoms with Crippen molar-refractivity contribution in [1.29, 1.82) is 0 Å². The molecular weight excluding hydrogens is 322 g/mol. The summed E-state index contributed by atoms with van der Waals surface area (Å²) in [7, 11) is 0. The molecule has 6 heteroatoms. The lowest BCUT2D eigenvalue weighted by Crippen LogP contribution is -2.30. The second-order valence-corrected chi connectivity index (χ2v) is 4.16. The van der Waals surface area contributed by atoms with Gasteiger partial charge >= 0.3 is 12.1 Å². The number of alkyl halides is 3. The Morgan fingerprint density at radius 2 is 2.00 bits per heavy atom. The first-order valence-electron chi connectivity index (χ1n) is 3.95. The number of hydrogen-bond acceptors (Lipinski definition) is 1. The Bertz CT molecular complexity index is 389. The van der Waals surface area contributed by atoms with Gasteiger partial charge in [0.15, 0.2) is 0 Å². The highest BCUT2D eigenvalue weighted by Gasteiger charge is 2.38. The van der Waals surface area contributed by atoms with Gasteiger partial charge in [-0.1, -0.05) is 0 Å². The molecule has 0 aromatic heterocycles. The second kappa shape index (κ2) is 4.38. The van der Waals surface area contributed by atoms with Crippen LogP contribution < -0.4 is 5.32 Å². The molecule has 0 radical (unpaired) electrons. The summed E-state index contributed by atoms with van der Waals surface area (Å²) < 4.78 is 36.7. The maximum absolute atomic E-state index is 11.9. The van der Waals surface area contributed by atoms with Crippen LogP contribution in [0.4, 0.5) is 18.9 Å². The number of halogens is 4. The fourth-order valence-electron chi connectivity index (χ4n) is 0.961. The summed E-state index contributed by atoms with van der Waals surface area (Å²) in [6.07, 6.45) is -4.85. The first-order valence-corrected chi connectivity index (χ1v) is 5.03. The highest BCUT2D eigenvalue weighted by molar-refractivity contribution is 14.1. The van der Waals surface area contributed by atoms with E-state index in [9.17, 15) is 18.0 Å². The minimum atomic E-state index is -4.85. The van der Waals surface area contributed by atoms with E-state index in [4.69, 9.17) is 0 Å². The van der Waals surface area contributed by atoms with Crippen LogP contribution in [0.15, 0.2) is 18.2 Å². The molecule has 82 valence electrons. The minimum Gasteiger partial charge on any atom is -0.318 e. The number of benzene rings is 1. The molecule has 1 N–H and O–H groups in total. The van der Waals surface area contributed by atoms with Gasteiger partial charge < -0.3 is 5.32 Å². The summed E-state index contributed by atoms with van der Waals surface area (Å²) in [5.74, 6) is -1.95. The average molecular weight is 329 g/mol. The summed E-state index contributed by atoms with van der Waals surface area (Å²) in [4.78, 5) is 10.6. The zero-order valence-electron chi connectivity index (χ0n) is 7.65. The van der Waals surface area contributed by atoms with Gasteiger partial charge in [-0.3, -0.25) is 4.79 Å². The largest absolute Gasteiger partial charge is 0.471 e. The van der Waals surface area contributed by atoms with Crippen LogP contribution in [-0.4, -0.2) is 12.1 Å². The van der Waals surface area contributed by atoms with Crippen LogP contribution in [0, 0.1) is 10.5 Å². The van der Waals surface area contributed by atoms with Crippen molar-refractivity contribution >= 4 is 34.2 Å². The first-order chi connectivity index (χ1) is 6.80. The number of aryl methyl sites for hydroxylation is 1. The lowest BCUT2D eigenvalue weighted by Gasteiger charge is -2.10. The molecule has 0 unspecified atom stereocenters. The number of rotatable bonds is 1. The van der Waals surface area contributed by atoms with Crippen molar-refractivity contribution in [3.63, 3.8) is 0 Å². The van der Waals surface area contributed by atoms with E-state index in [0.717, 1.165) is 3.57 Å². The lowest BCUT2D eigenvalue weighted by atomic mass is 10.2. The molecule has 1 aromatic carbocycles. The molecule has 0 spiro atoms. The Labute approximate surface area is 98.0 Å². The zero-order chi connectivity index (χ0) is 11.6. The SMILES string of the molecule is Cc1cc(I)ccc1NC(=O)C(F)(F)F. The van der Waals surface area contributed by atoms with Crippen molar-refractivity contribution in [2.45, 2.75) is 13.1 Å². The summed E-state index contributed by atoms with van der Waals surface area (Å²) in [5, 5.41) is 1.81. The van der Waals surface area contributed by atoms with Crippen LogP contribution in [0.5, 0.6) is 0 Å². The molecule has 0 saturated heterocycles. The summed E-state index contributed by atoms with van der Waals surface area (Å²) in [5.41, 5.74) is 0.775. The quantitative estimate of drug-likeness (QED) is 0.788. The van der Waals surface area contributed by atoms with E-state index in [2.05, 4.69) is 0 Å². The predicted octanol–water partition coefficient (Wildman–Crippen LogP) is 3.10. The lowest BCUT2D eigenvalue weighted by molar-refractivity contribution is -0.167. The Balaban J connectivity index is 2.87. The number of anilines is 1. The van der Waals surface area contributed by atoms with Gasteiger partial charge in [-0.15, -0.1) is 0 Å². The molecule has 0 aliphatic heterocycles. The van der Waals surface area contributed by atoms with Crippen molar-refractivity contribution < 1.29 is 18.0 Å². The maximum atomic E-state index is 11.9. The minimum absolute atomic E-state index is 0.178. The van der Waals surface area contributed by atoms with Crippen LogP contribution in [-0.2, 0) is 4.79 Å². The van der Waals surface area contributed by atoms with E-state index >= 15 is 0 Å². The summed E-state index contributed by atoms with van der Waals surface area (Å²) in [6.45, 7) is 1.63.